The second-order valence-electron chi connectivity index (χ2n) is 5.61. The molecule has 1 fully saturated rings. The first kappa shape index (κ1) is 15.9. The fourth-order valence-corrected chi connectivity index (χ4v) is 2.96. The molecule has 0 bridgehead atoms. The zero-order chi connectivity index (χ0) is 16.2. The van der Waals surface area contributed by atoms with Gasteiger partial charge in [-0.25, -0.2) is 0 Å². The predicted octanol–water partition coefficient (Wildman–Crippen LogP) is 1.85. The smallest absolute Gasteiger partial charge is 0.251 e. The van der Waals surface area contributed by atoms with Gasteiger partial charge in [-0.15, -0.1) is 0 Å². The number of likely N-dealkylation sites (tertiary alicyclic amines) is 1. The topological polar surface area (TPSA) is 67.9 Å². The second kappa shape index (κ2) is 7.08. The Morgan fingerprint density at radius 2 is 1.87 bits per heavy atom. The van der Waals surface area contributed by atoms with Crippen LogP contribution in [0.4, 0.5) is 0 Å². The molecule has 0 aromatic heterocycles. The molecule has 1 saturated heterocycles. The highest BCUT2D eigenvalue weighted by atomic mass is 35.5. The van der Waals surface area contributed by atoms with Gasteiger partial charge in [0, 0.05) is 25.1 Å². The molecule has 1 aromatic rings. The average molecular weight is 339 g/mol. The van der Waals surface area contributed by atoms with Gasteiger partial charge in [-0.3, -0.25) is 9.59 Å². The molecule has 0 atom stereocenters. The third kappa shape index (κ3) is 3.69. The van der Waals surface area contributed by atoms with Gasteiger partial charge in [0.05, 0.1) is 24.8 Å². The van der Waals surface area contributed by atoms with Crippen molar-refractivity contribution < 1.29 is 19.1 Å². The molecule has 3 rings (SSSR count). The van der Waals surface area contributed by atoms with E-state index in [9.17, 15) is 9.59 Å². The zero-order valence-electron chi connectivity index (χ0n) is 12.8. The van der Waals surface area contributed by atoms with Crippen molar-refractivity contribution in [3.8, 4) is 11.5 Å². The Morgan fingerprint density at radius 3 is 2.65 bits per heavy atom. The number of carbonyl (C=O) groups is 2. The lowest BCUT2D eigenvalue weighted by molar-refractivity contribution is -0.129. The van der Waals surface area contributed by atoms with Crippen LogP contribution < -0.4 is 14.8 Å². The van der Waals surface area contributed by atoms with Gasteiger partial charge in [0.2, 0.25) is 5.91 Å². The van der Waals surface area contributed by atoms with Crippen molar-refractivity contribution in [1.29, 1.82) is 0 Å². The molecule has 1 N–H and O–H groups in total. The van der Waals surface area contributed by atoms with Gasteiger partial charge in [-0.2, -0.15) is 0 Å². The number of hydrogen-bond donors (Lipinski definition) is 1. The molecular weight excluding hydrogens is 320 g/mol. The number of ether oxygens (including phenoxy) is 2. The Labute approximate surface area is 139 Å². The summed E-state index contributed by atoms with van der Waals surface area (Å²) in [7, 11) is 0. The molecular formula is C16H19ClN2O4. The summed E-state index contributed by atoms with van der Waals surface area (Å²) in [6, 6.07) is 3.13. The molecule has 0 saturated carbocycles. The minimum Gasteiger partial charge on any atom is -0.489 e. The summed E-state index contributed by atoms with van der Waals surface area (Å²) in [4.78, 5) is 26.0. The van der Waals surface area contributed by atoms with Crippen molar-refractivity contribution in [3.63, 3.8) is 0 Å². The number of rotatable bonds is 3. The SMILES string of the molecule is O=C(NCC(=O)N1CCCC1)c1cc(Cl)c2c(c1)OCCCO2. The van der Waals surface area contributed by atoms with Gasteiger partial charge in [0.1, 0.15) is 0 Å². The predicted molar refractivity (Wildman–Crippen MR) is 85.2 cm³/mol. The zero-order valence-corrected chi connectivity index (χ0v) is 13.5. The van der Waals surface area contributed by atoms with Crippen molar-refractivity contribution in [2.24, 2.45) is 0 Å². The highest BCUT2D eigenvalue weighted by molar-refractivity contribution is 6.32. The maximum Gasteiger partial charge on any atom is 0.251 e. The van der Waals surface area contributed by atoms with Crippen LogP contribution in [0.3, 0.4) is 0 Å². The largest absolute Gasteiger partial charge is 0.489 e. The van der Waals surface area contributed by atoms with Crippen LogP contribution in [0.25, 0.3) is 0 Å². The van der Waals surface area contributed by atoms with Crippen LogP contribution >= 0.6 is 11.6 Å². The normalized spacial score (nSPS) is 16.8. The Hall–Kier alpha value is -1.95. The molecule has 7 heteroatoms. The van der Waals surface area contributed by atoms with E-state index in [1.165, 1.54) is 6.07 Å². The van der Waals surface area contributed by atoms with Gasteiger partial charge >= 0.3 is 0 Å². The number of amides is 2. The molecule has 2 heterocycles. The van der Waals surface area contributed by atoms with Crippen LogP contribution in [-0.2, 0) is 4.79 Å². The third-order valence-electron chi connectivity index (χ3n) is 3.92. The highest BCUT2D eigenvalue weighted by Gasteiger charge is 2.21. The summed E-state index contributed by atoms with van der Waals surface area (Å²) in [6.07, 6.45) is 2.81. The third-order valence-corrected chi connectivity index (χ3v) is 4.20. The van der Waals surface area contributed by atoms with E-state index in [0.29, 0.717) is 35.3 Å². The van der Waals surface area contributed by atoms with Gasteiger partial charge in [-0.1, -0.05) is 11.6 Å². The minimum absolute atomic E-state index is 0.00903. The summed E-state index contributed by atoms with van der Waals surface area (Å²) < 4.78 is 11.1. The first-order chi connectivity index (χ1) is 11.1. The molecule has 124 valence electrons. The van der Waals surface area contributed by atoms with Crippen LogP contribution in [0.5, 0.6) is 11.5 Å². The highest BCUT2D eigenvalue weighted by Crippen LogP contribution is 2.37. The number of benzene rings is 1. The number of carbonyl (C=O) groups excluding carboxylic acids is 2. The van der Waals surface area contributed by atoms with Crippen molar-refractivity contribution in [1.82, 2.24) is 10.2 Å². The van der Waals surface area contributed by atoms with Crippen molar-refractivity contribution in [2.45, 2.75) is 19.3 Å². The standard InChI is InChI=1S/C16H19ClN2O4/c17-12-8-11(9-13-15(12)23-7-3-6-22-13)16(21)18-10-14(20)19-4-1-2-5-19/h8-9H,1-7,10H2,(H,18,21). The van der Waals surface area contributed by atoms with E-state index >= 15 is 0 Å². The number of nitrogens with zero attached hydrogens (tertiary/aromatic N) is 1. The van der Waals surface area contributed by atoms with Crippen LogP contribution in [0, 0.1) is 0 Å². The first-order valence-corrected chi connectivity index (χ1v) is 8.18. The minimum atomic E-state index is -0.352. The Bertz CT molecular complexity index is 614. The fourth-order valence-electron chi connectivity index (χ4n) is 2.70. The van der Waals surface area contributed by atoms with Crippen LogP contribution in [-0.4, -0.2) is 49.6 Å². The van der Waals surface area contributed by atoms with Gasteiger partial charge in [0.15, 0.2) is 11.5 Å². The lowest BCUT2D eigenvalue weighted by atomic mass is 10.2. The van der Waals surface area contributed by atoms with E-state index in [1.807, 2.05) is 0 Å². The van der Waals surface area contributed by atoms with Crippen LogP contribution in [0.15, 0.2) is 12.1 Å². The molecule has 2 aliphatic heterocycles. The van der Waals surface area contributed by atoms with Gasteiger partial charge in [-0.05, 0) is 25.0 Å². The maximum absolute atomic E-state index is 12.3. The molecule has 0 radical (unpaired) electrons. The van der Waals surface area contributed by atoms with E-state index < -0.39 is 0 Å². The number of fused-ring (bicyclic) bond motifs is 1. The van der Waals surface area contributed by atoms with Gasteiger partial charge < -0.3 is 19.7 Å². The molecule has 2 amide bonds. The molecule has 0 spiro atoms. The Kier molecular flexibility index (Phi) is 4.91. The van der Waals surface area contributed by atoms with Crippen LogP contribution in [0.1, 0.15) is 29.6 Å². The van der Waals surface area contributed by atoms with Crippen LogP contribution in [0.2, 0.25) is 5.02 Å². The van der Waals surface area contributed by atoms with E-state index in [-0.39, 0.29) is 18.4 Å². The van der Waals surface area contributed by atoms with Crippen molar-refractivity contribution in [2.75, 3.05) is 32.8 Å². The Morgan fingerprint density at radius 1 is 1.13 bits per heavy atom. The molecule has 0 aliphatic carbocycles. The summed E-state index contributed by atoms with van der Waals surface area (Å²) in [5, 5.41) is 2.97. The lowest BCUT2D eigenvalue weighted by Gasteiger charge is -2.16. The molecule has 0 unspecified atom stereocenters. The molecule has 6 nitrogen and oxygen atoms in total. The van der Waals surface area contributed by atoms with Crippen molar-refractivity contribution in [3.05, 3.63) is 22.7 Å². The average Bonchev–Trinajstić information content (AvgIpc) is 2.98. The molecule has 1 aromatic carbocycles. The second-order valence-corrected chi connectivity index (χ2v) is 6.01. The monoisotopic (exact) mass is 338 g/mol. The van der Waals surface area contributed by atoms with E-state index in [1.54, 1.807) is 11.0 Å². The lowest BCUT2D eigenvalue weighted by Crippen LogP contribution is -2.38. The summed E-state index contributed by atoms with van der Waals surface area (Å²) in [5.74, 6) is 0.520. The number of nitrogens with one attached hydrogen (secondary N) is 1. The fraction of sp³-hybridized carbons (Fsp3) is 0.500. The van der Waals surface area contributed by atoms with E-state index in [4.69, 9.17) is 21.1 Å². The maximum atomic E-state index is 12.3. The Balaban J connectivity index is 1.66. The molecule has 23 heavy (non-hydrogen) atoms. The summed E-state index contributed by atoms with van der Waals surface area (Å²) in [5.41, 5.74) is 0.355. The number of hydrogen-bond acceptors (Lipinski definition) is 4. The van der Waals surface area contributed by atoms with Gasteiger partial charge in [0.25, 0.3) is 5.91 Å². The summed E-state index contributed by atoms with van der Waals surface area (Å²) >= 11 is 6.17. The molecule has 2 aliphatic rings. The summed E-state index contributed by atoms with van der Waals surface area (Å²) in [6.45, 7) is 2.57. The quantitative estimate of drug-likeness (QED) is 0.913. The van der Waals surface area contributed by atoms with E-state index in [0.717, 1.165) is 32.4 Å². The van der Waals surface area contributed by atoms with Crippen molar-refractivity contribution >= 4 is 23.4 Å². The number of halogens is 1. The first-order valence-electron chi connectivity index (χ1n) is 7.80. The van der Waals surface area contributed by atoms with E-state index in [2.05, 4.69) is 5.32 Å².